The van der Waals surface area contributed by atoms with Gasteiger partial charge < -0.3 is 5.73 Å². The number of rotatable bonds is 3. The third kappa shape index (κ3) is 1.88. The van der Waals surface area contributed by atoms with Gasteiger partial charge >= 0.3 is 0 Å². The summed E-state index contributed by atoms with van der Waals surface area (Å²) in [5.41, 5.74) is 7.10. The first-order chi connectivity index (χ1) is 8.65. The highest BCUT2D eigenvalue weighted by atomic mass is 19.1. The summed E-state index contributed by atoms with van der Waals surface area (Å²) in [4.78, 5) is 0. The Hall–Kier alpha value is -2.17. The molecular weight excluding hydrogens is 231 g/mol. The number of nitrogens with zero attached hydrogens (tertiary/aromatic N) is 2. The molecule has 1 aromatic heterocycles. The zero-order valence-corrected chi connectivity index (χ0v) is 9.73. The summed E-state index contributed by atoms with van der Waals surface area (Å²) in [7, 11) is 0. The average molecular weight is 244 g/mol. The van der Waals surface area contributed by atoms with Crippen molar-refractivity contribution in [2.24, 2.45) is 5.73 Å². The van der Waals surface area contributed by atoms with Crippen LogP contribution in [0.1, 0.15) is 30.0 Å². The summed E-state index contributed by atoms with van der Waals surface area (Å²) in [6, 6.07) is 6.40. The fraction of sp³-hybridized carbons (Fsp3) is 0.231. The first-order valence-electron chi connectivity index (χ1n) is 5.85. The number of hydrogen-bond donors (Lipinski definition) is 2. The van der Waals surface area contributed by atoms with Crippen molar-refractivity contribution in [1.29, 1.82) is 5.41 Å². The van der Waals surface area contributed by atoms with Gasteiger partial charge in [-0.05, 0) is 37.1 Å². The van der Waals surface area contributed by atoms with E-state index in [1.54, 1.807) is 18.3 Å². The second-order valence-corrected chi connectivity index (χ2v) is 4.54. The molecule has 0 saturated heterocycles. The Bertz CT molecular complexity index is 613. The maximum Gasteiger partial charge on any atom is 0.149 e. The van der Waals surface area contributed by atoms with Crippen LogP contribution in [-0.2, 0) is 0 Å². The van der Waals surface area contributed by atoms with Crippen molar-refractivity contribution in [2.45, 2.75) is 18.8 Å². The number of aromatic nitrogens is 2. The standard InChI is InChI=1S/C13H13FN4/c14-10-7-9(13(15)16)3-4-12(10)18-6-5-11(17-18)8-1-2-8/h3-8H,1-2H2,(H3,15,16). The molecule has 1 heterocycles. The first kappa shape index (κ1) is 11.0. The van der Waals surface area contributed by atoms with E-state index in [1.807, 2.05) is 6.07 Å². The van der Waals surface area contributed by atoms with E-state index in [4.69, 9.17) is 11.1 Å². The molecule has 92 valence electrons. The number of nitrogens with one attached hydrogen (secondary N) is 1. The number of hydrogen-bond acceptors (Lipinski definition) is 2. The molecule has 2 aromatic rings. The van der Waals surface area contributed by atoms with Crippen LogP contribution in [0, 0.1) is 11.2 Å². The number of benzene rings is 1. The second kappa shape index (κ2) is 3.94. The van der Waals surface area contributed by atoms with Crippen molar-refractivity contribution in [3.8, 4) is 5.69 Å². The largest absolute Gasteiger partial charge is 0.384 e. The van der Waals surface area contributed by atoms with Gasteiger partial charge in [-0.1, -0.05) is 0 Å². The topological polar surface area (TPSA) is 67.7 Å². The Kier molecular flexibility index (Phi) is 2.40. The normalized spacial score (nSPS) is 14.7. The van der Waals surface area contributed by atoms with Gasteiger partial charge in [-0.25, -0.2) is 9.07 Å². The molecule has 1 saturated carbocycles. The van der Waals surface area contributed by atoms with E-state index < -0.39 is 5.82 Å². The van der Waals surface area contributed by atoms with E-state index in [1.165, 1.54) is 23.6 Å². The summed E-state index contributed by atoms with van der Waals surface area (Å²) >= 11 is 0. The zero-order chi connectivity index (χ0) is 12.7. The first-order valence-corrected chi connectivity index (χ1v) is 5.85. The monoisotopic (exact) mass is 244 g/mol. The third-order valence-electron chi connectivity index (χ3n) is 3.11. The number of halogens is 1. The minimum absolute atomic E-state index is 0.139. The van der Waals surface area contributed by atoms with E-state index in [2.05, 4.69) is 5.10 Å². The molecule has 0 atom stereocenters. The van der Waals surface area contributed by atoms with Crippen molar-refractivity contribution in [2.75, 3.05) is 0 Å². The van der Waals surface area contributed by atoms with Gasteiger partial charge in [-0.15, -0.1) is 0 Å². The molecule has 4 nitrogen and oxygen atoms in total. The number of nitrogen functional groups attached to an aromatic ring is 1. The van der Waals surface area contributed by atoms with E-state index in [0.717, 1.165) is 5.69 Å². The maximum atomic E-state index is 13.9. The predicted molar refractivity (Wildman–Crippen MR) is 66.5 cm³/mol. The minimum atomic E-state index is -0.423. The van der Waals surface area contributed by atoms with E-state index in [9.17, 15) is 4.39 Å². The summed E-state index contributed by atoms with van der Waals surface area (Å²) in [5.74, 6) is -0.0152. The summed E-state index contributed by atoms with van der Waals surface area (Å²) in [6.07, 6.45) is 4.10. The smallest absolute Gasteiger partial charge is 0.149 e. The van der Waals surface area contributed by atoms with Crippen LogP contribution < -0.4 is 5.73 Å². The molecule has 0 amide bonds. The van der Waals surface area contributed by atoms with Gasteiger partial charge in [0, 0.05) is 17.7 Å². The molecule has 5 heteroatoms. The van der Waals surface area contributed by atoms with Crippen molar-refractivity contribution >= 4 is 5.84 Å². The molecule has 3 rings (SSSR count). The molecule has 1 aliphatic rings. The Balaban J connectivity index is 1.97. The second-order valence-electron chi connectivity index (χ2n) is 4.54. The molecule has 0 bridgehead atoms. The summed E-state index contributed by atoms with van der Waals surface area (Å²) in [5, 5.41) is 11.6. The van der Waals surface area contributed by atoms with Gasteiger partial charge in [0.25, 0.3) is 0 Å². The van der Waals surface area contributed by atoms with Crippen LogP contribution >= 0.6 is 0 Å². The minimum Gasteiger partial charge on any atom is -0.384 e. The quantitative estimate of drug-likeness (QED) is 0.641. The maximum absolute atomic E-state index is 13.9. The van der Waals surface area contributed by atoms with Gasteiger partial charge in [-0.2, -0.15) is 5.10 Å². The van der Waals surface area contributed by atoms with Crippen LogP contribution in [0.25, 0.3) is 5.69 Å². The fourth-order valence-electron chi connectivity index (χ4n) is 1.93. The van der Waals surface area contributed by atoms with Crippen LogP contribution in [0.15, 0.2) is 30.5 Å². The predicted octanol–water partition coefficient (Wildman–Crippen LogP) is 2.17. The molecule has 1 aliphatic carbocycles. The number of amidine groups is 1. The Morgan fingerprint density at radius 1 is 1.39 bits per heavy atom. The van der Waals surface area contributed by atoms with E-state index >= 15 is 0 Å². The van der Waals surface area contributed by atoms with Crippen LogP contribution in [0.2, 0.25) is 0 Å². The summed E-state index contributed by atoms with van der Waals surface area (Å²) < 4.78 is 15.4. The Morgan fingerprint density at radius 3 is 2.78 bits per heavy atom. The van der Waals surface area contributed by atoms with Gasteiger partial charge in [0.2, 0.25) is 0 Å². The average Bonchev–Trinajstić information content (AvgIpc) is 3.08. The lowest BCUT2D eigenvalue weighted by atomic mass is 10.2. The number of nitrogens with two attached hydrogens (primary N) is 1. The summed E-state index contributed by atoms with van der Waals surface area (Å²) in [6.45, 7) is 0. The van der Waals surface area contributed by atoms with E-state index in [0.29, 0.717) is 17.2 Å². The SMILES string of the molecule is N=C(N)c1ccc(-n2ccc(C3CC3)n2)c(F)c1. The molecule has 3 N–H and O–H groups in total. The fourth-order valence-corrected chi connectivity index (χ4v) is 1.93. The molecule has 1 fully saturated rings. The molecule has 1 aromatic carbocycles. The lowest BCUT2D eigenvalue weighted by Crippen LogP contribution is -2.12. The highest BCUT2D eigenvalue weighted by Crippen LogP contribution is 2.39. The molecular formula is C13H13FN4. The molecule has 0 radical (unpaired) electrons. The Labute approximate surface area is 104 Å². The van der Waals surface area contributed by atoms with Crippen LogP contribution in [0.4, 0.5) is 4.39 Å². The van der Waals surface area contributed by atoms with Crippen molar-refractivity contribution < 1.29 is 4.39 Å². The lowest BCUT2D eigenvalue weighted by molar-refractivity contribution is 0.609. The van der Waals surface area contributed by atoms with Gasteiger partial charge in [-0.3, -0.25) is 5.41 Å². The van der Waals surface area contributed by atoms with Crippen LogP contribution in [0.3, 0.4) is 0 Å². The van der Waals surface area contributed by atoms with Crippen LogP contribution in [0.5, 0.6) is 0 Å². The molecule has 0 spiro atoms. The van der Waals surface area contributed by atoms with Gasteiger partial charge in [0.05, 0.1) is 5.69 Å². The molecule has 0 unspecified atom stereocenters. The molecule has 0 aliphatic heterocycles. The van der Waals surface area contributed by atoms with Crippen molar-refractivity contribution in [3.63, 3.8) is 0 Å². The van der Waals surface area contributed by atoms with Gasteiger partial charge in [0.15, 0.2) is 0 Å². The molecule has 18 heavy (non-hydrogen) atoms. The van der Waals surface area contributed by atoms with Crippen molar-refractivity contribution in [3.05, 3.63) is 47.5 Å². The lowest BCUT2D eigenvalue weighted by Gasteiger charge is -2.05. The zero-order valence-electron chi connectivity index (χ0n) is 9.73. The van der Waals surface area contributed by atoms with Crippen LogP contribution in [-0.4, -0.2) is 15.6 Å². The highest BCUT2D eigenvalue weighted by molar-refractivity contribution is 5.95. The highest BCUT2D eigenvalue weighted by Gasteiger charge is 2.26. The van der Waals surface area contributed by atoms with E-state index in [-0.39, 0.29) is 5.84 Å². The van der Waals surface area contributed by atoms with Crippen molar-refractivity contribution in [1.82, 2.24) is 9.78 Å². The van der Waals surface area contributed by atoms with Gasteiger partial charge in [0.1, 0.15) is 17.3 Å². The Morgan fingerprint density at radius 2 is 2.17 bits per heavy atom. The third-order valence-corrected chi connectivity index (χ3v) is 3.11.